The topological polar surface area (TPSA) is 49.5 Å². The molecule has 1 atom stereocenters. The maximum atomic E-state index is 8.92. The monoisotopic (exact) mass is 256 g/mol. The Labute approximate surface area is 109 Å². The first-order chi connectivity index (χ1) is 8.15. The Kier molecular flexibility index (Phi) is 4.39. The maximum Gasteiger partial charge on any atom is 0.0733 e. The van der Waals surface area contributed by atoms with Crippen molar-refractivity contribution in [3.63, 3.8) is 0 Å². The highest BCUT2D eigenvalue weighted by molar-refractivity contribution is 7.80. The molecule has 4 heteroatoms. The lowest BCUT2D eigenvalue weighted by atomic mass is 10.0. The number of likely N-dealkylation sites (tertiary alicyclic amines) is 1. The summed E-state index contributed by atoms with van der Waals surface area (Å²) in [5.41, 5.74) is 6.10. The van der Waals surface area contributed by atoms with Crippen LogP contribution in [0.4, 0.5) is 0 Å². The summed E-state index contributed by atoms with van der Waals surface area (Å²) in [4.78, 5) is 3.29. The smallest absolute Gasteiger partial charge is 0.0733 e. The van der Waals surface area contributed by atoms with Gasteiger partial charge < -0.3 is 10.8 Å². The van der Waals surface area contributed by atoms with Gasteiger partial charge in [-0.15, -0.1) is 0 Å². The Bertz CT molecular complexity index is 279. The fraction of sp³-hybridized carbons (Fsp3) is 0.923. The van der Waals surface area contributed by atoms with Crippen molar-refractivity contribution in [2.75, 3.05) is 19.7 Å². The van der Waals surface area contributed by atoms with Crippen LogP contribution in [0.25, 0.3) is 0 Å². The lowest BCUT2D eigenvalue weighted by Gasteiger charge is -2.28. The molecule has 2 fully saturated rings. The molecule has 0 aromatic heterocycles. The summed E-state index contributed by atoms with van der Waals surface area (Å²) in [5, 5.41) is 8.92. The molecule has 98 valence electrons. The minimum atomic E-state index is 0.322. The van der Waals surface area contributed by atoms with E-state index in [0.717, 1.165) is 19.3 Å². The molecule has 1 heterocycles. The first kappa shape index (κ1) is 13.2. The van der Waals surface area contributed by atoms with Crippen LogP contribution in [-0.2, 0) is 0 Å². The fourth-order valence-corrected chi connectivity index (χ4v) is 3.43. The van der Waals surface area contributed by atoms with Gasteiger partial charge in [0.25, 0.3) is 0 Å². The molecular formula is C13H24N2OS. The zero-order chi connectivity index (χ0) is 12.3. The molecule has 0 aromatic rings. The highest BCUT2D eigenvalue weighted by Crippen LogP contribution is 2.50. The van der Waals surface area contributed by atoms with E-state index in [0.29, 0.717) is 23.1 Å². The van der Waals surface area contributed by atoms with Crippen LogP contribution >= 0.6 is 12.2 Å². The molecule has 1 unspecified atom stereocenters. The number of rotatable bonds is 7. The van der Waals surface area contributed by atoms with E-state index < -0.39 is 0 Å². The van der Waals surface area contributed by atoms with Gasteiger partial charge in [-0.1, -0.05) is 12.2 Å². The SMILES string of the molecule is NC(=S)CC1(CN2CCCC2CCCO)CC1. The maximum absolute atomic E-state index is 8.92. The van der Waals surface area contributed by atoms with Crippen molar-refractivity contribution < 1.29 is 5.11 Å². The van der Waals surface area contributed by atoms with E-state index in [9.17, 15) is 0 Å². The minimum Gasteiger partial charge on any atom is -0.396 e. The molecule has 0 aromatic carbocycles. The van der Waals surface area contributed by atoms with Crippen molar-refractivity contribution in [2.24, 2.45) is 11.1 Å². The highest BCUT2D eigenvalue weighted by Gasteiger charge is 2.45. The van der Waals surface area contributed by atoms with Gasteiger partial charge in [-0.2, -0.15) is 0 Å². The molecule has 3 nitrogen and oxygen atoms in total. The van der Waals surface area contributed by atoms with E-state index in [2.05, 4.69) is 4.90 Å². The molecule has 17 heavy (non-hydrogen) atoms. The first-order valence-corrected chi connectivity index (χ1v) is 7.19. The van der Waals surface area contributed by atoms with Gasteiger partial charge >= 0.3 is 0 Å². The summed E-state index contributed by atoms with van der Waals surface area (Å²) in [6.07, 6.45) is 8.16. The van der Waals surface area contributed by atoms with Crippen molar-refractivity contribution in [1.82, 2.24) is 4.90 Å². The Morgan fingerprint density at radius 2 is 2.24 bits per heavy atom. The van der Waals surface area contributed by atoms with Crippen molar-refractivity contribution >= 4 is 17.2 Å². The summed E-state index contributed by atoms with van der Waals surface area (Å²) in [7, 11) is 0. The van der Waals surface area contributed by atoms with Gasteiger partial charge in [0.2, 0.25) is 0 Å². The van der Waals surface area contributed by atoms with E-state index in [1.807, 2.05) is 0 Å². The molecule has 1 saturated heterocycles. The first-order valence-electron chi connectivity index (χ1n) is 6.78. The van der Waals surface area contributed by atoms with Gasteiger partial charge in [0.1, 0.15) is 0 Å². The fourth-order valence-electron chi connectivity index (χ4n) is 3.13. The van der Waals surface area contributed by atoms with Crippen LogP contribution in [0, 0.1) is 5.41 Å². The quantitative estimate of drug-likeness (QED) is 0.681. The molecule has 1 aliphatic carbocycles. The predicted molar refractivity (Wildman–Crippen MR) is 74.0 cm³/mol. The van der Waals surface area contributed by atoms with Crippen LogP contribution in [0.5, 0.6) is 0 Å². The van der Waals surface area contributed by atoms with Crippen molar-refractivity contribution in [1.29, 1.82) is 0 Å². The molecule has 2 rings (SSSR count). The summed E-state index contributed by atoms with van der Waals surface area (Å²) in [6.45, 7) is 2.71. The van der Waals surface area contributed by atoms with Gasteiger partial charge in [-0.3, -0.25) is 4.90 Å². The Balaban J connectivity index is 1.83. The largest absolute Gasteiger partial charge is 0.396 e. The standard InChI is InChI=1S/C13H24N2OS/c14-12(17)9-13(5-6-13)10-15-7-1-3-11(15)4-2-8-16/h11,16H,1-10H2,(H2,14,17). The highest BCUT2D eigenvalue weighted by atomic mass is 32.1. The second kappa shape index (κ2) is 5.63. The average molecular weight is 256 g/mol. The number of thiocarbonyl (C=S) groups is 1. The van der Waals surface area contributed by atoms with Gasteiger partial charge in [0.15, 0.2) is 0 Å². The molecule has 0 radical (unpaired) electrons. The number of aliphatic hydroxyl groups is 1. The number of nitrogens with two attached hydrogens (primary N) is 1. The summed E-state index contributed by atoms with van der Waals surface area (Å²) in [5.74, 6) is 0. The van der Waals surface area contributed by atoms with Crippen molar-refractivity contribution in [3.05, 3.63) is 0 Å². The van der Waals surface area contributed by atoms with E-state index in [1.165, 1.54) is 38.8 Å². The second-order valence-electron chi connectivity index (χ2n) is 5.78. The van der Waals surface area contributed by atoms with Crippen LogP contribution in [0.2, 0.25) is 0 Å². The van der Waals surface area contributed by atoms with Crippen LogP contribution in [-0.4, -0.2) is 40.7 Å². The second-order valence-corrected chi connectivity index (χ2v) is 6.30. The average Bonchev–Trinajstić information content (AvgIpc) is 2.87. The Morgan fingerprint density at radius 3 is 2.82 bits per heavy atom. The third kappa shape index (κ3) is 3.63. The van der Waals surface area contributed by atoms with Crippen molar-refractivity contribution in [3.8, 4) is 0 Å². The zero-order valence-corrected chi connectivity index (χ0v) is 11.3. The van der Waals surface area contributed by atoms with Crippen LogP contribution in [0.15, 0.2) is 0 Å². The van der Waals surface area contributed by atoms with E-state index in [-0.39, 0.29) is 0 Å². The lowest BCUT2D eigenvalue weighted by Crippen LogP contribution is -2.36. The normalized spacial score (nSPS) is 27.2. The van der Waals surface area contributed by atoms with Crippen LogP contribution in [0.3, 0.4) is 0 Å². The number of hydrogen-bond acceptors (Lipinski definition) is 3. The van der Waals surface area contributed by atoms with E-state index in [4.69, 9.17) is 23.1 Å². The van der Waals surface area contributed by atoms with Crippen molar-refractivity contribution in [2.45, 2.75) is 51.0 Å². The van der Waals surface area contributed by atoms with Gasteiger partial charge in [-0.05, 0) is 50.5 Å². The molecule has 2 aliphatic rings. The predicted octanol–water partition coefficient (Wildman–Crippen LogP) is 1.68. The molecular weight excluding hydrogens is 232 g/mol. The summed E-state index contributed by atoms with van der Waals surface area (Å²) in [6, 6.07) is 0.686. The lowest BCUT2D eigenvalue weighted by molar-refractivity contribution is 0.184. The number of aliphatic hydroxyl groups excluding tert-OH is 1. The van der Waals surface area contributed by atoms with E-state index in [1.54, 1.807) is 0 Å². The Morgan fingerprint density at radius 1 is 1.47 bits per heavy atom. The van der Waals surface area contributed by atoms with E-state index >= 15 is 0 Å². The summed E-state index contributed by atoms with van der Waals surface area (Å²) >= 11 is 5.05. The molecule has 0 bridgehead atoms. The third-order valence-electron chi connectivity index (χ3n) is 4.24. The number of hydrogen-bond donors (Lipinski definition) is 2. The molecule has 0 amide bonds. The number of nitrogens with zero attached hydrogens (tertiary/aromatic N) is 1. The molecule has 1 aliphatic heterocycles. The molecule has 1 saturated carbocycles. The zero-order valence-electron chi connectivity index (χ0n) is 10.5. The Hall–Kier alpha value is -0.190. The summed E-state index contributed by atoms with van der Waals surface area (Å²) < 4.78 is 0. The van der Waals surface area contributed by atoms with Gasteiger partial charge in [-0.25, -0.2) is 0 Å². The van der Waals surface area contributed by atoms with Crippen LogP contribution in [0.1, 0.15) is 44.9 Å². The third-order valence-corrected chi connectivity index (χ3v) is 4.38. The van der Waals surface area contributed by atoms with Gasteiger partial charge in [0.05, 0.1) is 4.99 Å². The minimum absolute atomic E-state index is 0.322. The van der Waals surface area contributed by atoms with Gasteiger partial charge in [0, 0.05) is 25.6 Å². The van der Waals surface area contributed by atoms with Crippen LogP contribution < -0.4 is 5.73 Å². The molecule has 3 N–H and O–H groups in total. The molecule has 0 spiro atoms.